The van der Waals surface area contributed by atoms with Gasteiger partial charge < -0.3 is 15.4 Å². The number of pyridine rings is 1. The molecule has 23 heavy (non-hydrogen) atoms. The molecule has 2 N–H and O–H groups in total. The number of aromatic nitrogens is 3. The average molecular weight is 314 g/mol. The summed E-state index contributed by atoms with van der Waals surface area (Å²) in [7, 11) is 1.66. The lowest BCUT2D eigenvalue weighted by Gasteiger charge is -2.35. The first-order chi connectivity index (χ1) is 11.2. The minimum Gasteiger partial charge on any atom is -0.481 e. The number of hydrogen-bond acceptors (Lipinski definition) is 7. The van der Waals surface area contributed by atoms with Gasteiger partial charge in [-0.25, -0.2) is 9.97 Å². The van der Waals surface area contributed by atoms with E-state index in [0.717, 1.165) is 49.8 Å². The van der Waals surface area contributed by atoms with Crippen molar-refractivity contribution >= 4 is 11.8 Å². The molecule has 2 aromatic rings. The topological polar surface area (TPSA) is 80.4 Å². The molecule has 0 aromatic carbocycles. The Morgan fingerprint density at radius 2 is 2.00 bits per heavy atom. The molecule has 0 atom stereocenters. The average Bonchev–Trinajstić information content (AvgIpc) is 2.55. The van der Waals surface area contributed by atoms with Crippen molar-refractivity contribution in [2.45, 2.75) is 13.5 Å². The van der Waals surface area contributed by atoms with Crippen molar-refractivity contribution in [3.63, 3.8) is 0 Å². The Labute approximate surface area is 136 Å². The second kappa shape index (κ2) is 6.78. The molecular weight excluding hydrogens is 292 g/mol. The summed E-state index contributed by atoms with van der Waals surface area (Å²) in [6.07, 6.45) is 1.75. The first-order valence-electron chi connectivity index (χ1n) is 7.72. The summed E-state index contributed by atoms with van der Waals surface area (Å²) in [5.74, 6) is 1.95. The van der Waals surface area contributed by atoms with Gasteiger partial charge in [0.05, 0.1) is 7.11 Å². The van der Waals surface area contributed by atoms with E-state index < -0.39 is 0 Å². The molecule has 0 aliphatic carbocycles. The van der Waals surface area contributed by atoms with Crippen LogP contribution in [0.5, 0.6) is 5.88 Å². The third-order valence-electron chi connectivity index (χ3n) is 3.99. The molecule has 0 radical (unpaired) electrons. The van der Waals surface area contributed by atoms with Crippen LogP contribution in [0, 0.1) is 6.92 Å². The molecule has 0 saturated carbocycles. The summed E-state index contributed by atoms with van der Waals surface area (Å²) in [4.78, 5) is 17.4. The minimum atomic E-state index is 0.336. The summed E-state index contributed by atoms with van der Waals surface area (Å²) in [6.45, 7) is 6.53. The van der Waals surface area contributed by atoms with Gasteiger partial charge in [0.15, 0.2) is 0 Å². The van der Waals surface area contributed by atoms with E-state index in [9.17, 15) is 0 Å². The first kappa shape index (κ1) is 15.5. The Balaban J connectivity index is 1.62. The fraction of sp³-hybridized carbons (Fsp3) is 0.438. The van der Waals surface area contributed by atoms with E-state index in [4.69, 9.17) is 10.5 Å². The van der Waals surface area contributed by atoms with Gasteiger partial charge in [-0.1, -0.05) is 6.07 Å². The van der Waals surface area contributed by atoms with Crippen molar-refractivity contribution in [3.05, 3.63) is 35.7 Å². The number of ether oxygens (including phenoxy) is 1. The molecule has 1 aliphatic rings. The normalized spacial score (nSPS) is 15.7. The zero-order chi connectivity index (χ0) is 16.2. The second-order valence-electron chi connectivity index (χ2n) is 5.66. The van der Waals surface area contributed by atoms with Crippen LogP contribution in [0.2, 0.25) is 0 Å². The third-order valence-corrected chi connectivity index (χ3v) is 3.99. The van der Waals surface area contributed by atoms with Gasteiger partial charge in [-0.15, -0.1) is 0 Å². The van der Waals surface area contributed by atoms with E-state index in [-0.39, 0.29) is 0 Å². The van der Waals surface area contributed by atoms with Crippen molar-refractivity contribution in [1.82, 2.24) is 19.9 Å². The maximum atomic E-state index is 5.75. The molecule has 0 unspecified atom stereocenters. The summed E-state index contributed by atoms with van der Waals surface area (Å²) in [6, 6.07) is 5.99. The highest BCUT2D eigenvalue weighted by Gasteiger charge is 2.20. The van der Waals surface area contributed by atoms with Crippen molar-refractivity contribution < 1.29 is 4.74 Å². The highest BCUT2D eigenvalue weighted by molar-refractivity contribution is 5.43. The van der Waals surface area contributed by atoms with Gasteiger partial charge in [-0.3, -0.25) is 4.90 Å². The number of nitrogens with zero attached hydrogens (tertiary/aromatic N) is 5. The Hall–Kier alpha value is -2.41. The van der Waals surface area contributed by atoms with Gasteiger partial charge in [0, 0.05) is 56.2 Å². The second-order valence-corrected chi connectivity index (χ2v) is 5.66. The molecule has 0 bridgehead atoms. The van der Waals surface area contributed by atoms with Crippen LogP contribution < -0.4 is 15.4 Å². The van der Waals surface area contributed by atoms with Crippen LogP contribution in [0.15, 0.2) is 24.4 Å². The molecule has 1 aliphatic heterocycles. The molecule has 3 heterocycles. The maximum absolute atomic E-state index is 5.75. The van der Waals surface area contributed by atoms with E-state index >= 15 is 0 Å². The van der Waals surface area contributed by atoms with E-state index in [0.29, 0.717) is 11.8 Å². The largest absolute Gasteiger partial charge is 0.481 e. The van der Waals surface area contributed by atoms with Gasteiger partial charge in [0.25, 0.3) is 0 Å². The molecule has 2 aromatic heterocycles. The van der Waals surface area contributed by atoms with Crippen LogP contribution in [-0.2, 0) is 6.54 Å². The number of hydrogen-bond donors (Lipinski definition) is 1. The fourth-order valence-electron chi connectivity index (χ4n) is 2.84. The predicted molar refractivity (Wildman–Crippen MR) is 89.5 cm³/mol. The van der Waals surface area contributed by atoms with Crippen molar-refractivity contribution in [2.24, 2.45) is 0 Å². The Morgan fingerprint density at radius 3 is 2.70 bits per heavy atom. The molecule has 0 amide bonds. The van der Waals surface area contributed by atoms with Gasteiger partial charge >= 0.3 is 0 Å². The Bertz CT molecular complexity index is 649. The SMILES string of the molecule is COc1ncccc1CN1CCN(c2cc(C)nc(N)n2)CC1. The van der Waals surface area contributed by atoms with Crippen LogP contribution >= 0.6 is 0 Å². The summed E-state index contributed by atoms with van der Waals surface area (Å²) < 4.78 is 5.32. The first-order valence-corrected chi connectivity index (χ1v) is 7.72. The lowest BCUT2D eigenvalue weighted by Crippen LogP contribution is -2.46. The number of piperazine rings is 1. The van der Waals surface area contributed by atoms with Crippen LogP contribution in [0.1, 0.15) is 11.3 Å². The van der Waals surface area contributed by atoms with E-state index in [1.165, 1.54) is 0 Å². The van der Waals surface area contributed by atoms with Gasteiger partial charge in [0.2, 0.25) is 11.8 Å². The summed E-state index contributed by atoms with van der Waals surface area (Å²) >= 11 is 0. The number of rotatable bonds is 4. The van der Waals surface area contributed by atoms with Crippen LogP contribution in [0.25, 0.3) is 0 Å². The quantitative estimate of drug-likeness (QED) is 0.905. The monoisotopic (exact) mass is 314 g/mol. The van der Waals surface area contributed by atoms with E-state index in [2.05, 4.69) is 30.8 Å². The number of nitrogens with two attached hydrogens (primary N) is 1. The summed E-state index contributed by atoms with van der Waals surface area (Å²) in [5, 5.41) is 0. The van der Waals surface area contributed by atoms with Crippen LogP contribution in [0.4, 0.5) is 11.8 Å². The van der Waals surface area contributed by atoms with Crippen molar-refractivity contribution in [1.29, 1.82) is 0 Å². The fourth-order valence-corrected chi connectivity index (χ4v) is 2.84. The number of methoxy groups -OCH3 is 1. The van der Waals surface area contributed by atoms with E-state index in [1.54, 1.807) is 13.3 Å². The third kappa shape index (κ3) is 3.68. The predicted octanol–water partition coefficient (Wildman–Crippen LogP) is 1.09. The molecule has 7 nitrogen and oxygen atoms in total. The van der Waals surface area contributed by atoms with Crippen molar-refractivity contribution in [3.8, 4) is 5.88 Å². The molecule has 7 heteroatoms. The zero-order valence-electron chi connectivity index (χ0n) is 13.6. The molecule has 122 valence electrons. The zero-order valence-corrected chi connectivity index (χ0v) is 13.6. The molecule has 1 fully saturated rings. The van der Waals surface area contributed by atoms with Crippen molar-refractivity contribution in [2.75, 3.05) is 43.9 Å². The van der Waals surface area contributed by atoms with Gasteiger partial charge in [0.1, 0.15) is 5.82 Å². The standard InChI is InChI=1S/C16H22N6O/c1-12-10-14(20-16(17)19-12)22-8-6-21(7-9-22)11-13-4-3-5-18-15(13)23-2/h3-5,10H,6-9,11H2,1-2H3,(H2,17,19,20). The minimum absolute atomic E-state index is 0.336. The van der Waals surface area contributed by atoms with Gasteiger partial charge in [-0.2, -0.15) is 4.98 Å². The molecule has 0 spiro atoms. The highest BCUT2D eigenvalue weighted by Crippen LogP contribution is 2.19. The lowest BCUT2D eigenvalue weighted by atomic mass is 10.2. The number of anilines is 2. The van der Waals surface area contributed by atoms with E-state index in [1.807, 2.05) is 19.1 Å². The smallest absolute Gasteiger partial charge is 0.222 e. The molecule has 3 rings (SSSR count). The maximum Gasteiger partial charge on any atom is 0.222 e. The van der Waals surface area contributed by atoms with Gasteiger partial charge in [-0.05, 0) is 13.0 Å². The lowest BCUT2D eigenvalue weighted by molar-refractivity contribution is 0.244. The number of nitrogen functional groups attached to an aromatic ring is 1. The number of aryl methyl sites for hydroxylation is 1. The molecule has 1 saturated heterocycles. The van der Waals surface area contributed by atoms with Crippen LogP contribution in [-0.4, -0.2) is 53.1 Å². The Morgan fingerprint density at radius 1 is 1.22 bits per heavy atom. The molecular formula is C16H22N6O. The Kier molecular flexibility index (Phi) is 4.57. The highest BCUT2D eigenvalue weighted by atomic mass is 16.5. The summed E-state index contributed by atoms with van der Waals surface area (Å²) in [5.41, 5.74) is 7.76. The van der Waals surface area contributed by atoms with Crippen LogP contribution in [0.3, 0.4) is 0 Å².